The highest BCUT2D eigenvalue weighted by Gasteiger charge is 2.34. The van der Waals surface area contributed by atoms with E-state index in [1.165, 1.54) is 33.4 Å². The van der Waals surface area contributed by atoms with Crippen LogP contribution in [-0.4, -0.2) is 20.3 Å². The summed E-state index contributed by atoms with van der Waals surface area (Å²) in [6.45, 7) is 8.57. The first-order chi connectivity index (χ1) is 13.9. The molecule has 0 spiro atoms. The van der Waals surface area contributed by atoms with E-state index in [-0.39, 0.29) is 6.17 Å². The number of methoxy groups -OCH3 is 1. The number of furan rings is 1. The lowest BCUT2D eigenvalue weighted by atomic mass is 10.1. The first-order valence-corrected chi connectivity index (χ1v) is 10.0. The van der Waals surface area contributed by atoms with Crippen LogP contribution in [0.5, 0.6) is 5.75 Å². The third-order valence-electron chi connectivity index (χ3n) is 6.32. The van der Waals surface area contributed by atoms with Crippen LogP contribution in [0.25, 0.3) is 21.9 Å². The lowest BCUT2D eigenvalue weighted by Gasteiger charge is -2.29. The molecule has 3 aromatic carbocycles. The van der Waals surface area contributed by atoms with Gasteiger partial charge >= 0.3 is 0 Å². The maximum atomic E-state index is 6.29. The van der Waals surface area contributed by atoms with Crippen LogP contribution >= 0.6 is 0 Å². The number of para-hydroxylation sites is 1. The van der Waals surface area contributed by atoms with E-state index < -0.39 is 0 Å². The van der Waals surface area contributed by atoms with E-state index >= 15 is 0 Å². The van der Waals surface area contributed by atoms with Crippen LogP contribution in [0.4, 0.5) is 17.1 Å². The largest absolute Gasteiger partial charge is 0.496 e. The molecule has 0 bridgehead atoms. The molecule has 29 heavy (non-hydrogen) atoms. The molecular weight excluding hydrogens is 360 g/mol. The fourth-order valence-electron chi connectivity index (χ4n) is 4.61. The van der Waals surface area contributed by atoms with Crippen LogP contribution in [-0.2, 0) is 0 Å². The molecule has 4 nitrogen and oxygen atoms in total. The van der Waals surface area contributed by atoms with E-state index in [2.05, 4.69) is 87.0 Å². The van der Waals surface area contributed by atoms with Gasteiger partial charge in [0.05, 0.1) is 18.5 Å². The van der Waals surface area contributed by atoms with Gasteiger partial charge < -0.3 is 19.0 Å². The van der Waals surface area contributed by atoms with Crippen molar-refractivity contribution in [1.82, 2.24) is 0 Å². The van der Waals surface area contributed by atoms with E-state index in [1.807, 2.05) is 0 Å². The second-order valence-electron chi connectivity index (χ2n) is 8.11. The second-order valence-corrected chi connectivity index (χ2v) is 8.11. The van der Waals surface area contributed by atoms with Gasteiger partial charge in [0.2, 0.25) is 0 Å². The average molecular weight is 386 g/mol. The number of aryl methyl sites for hydroxylation is 2. The van der Waals surface area contributed by atoms with Crippen molar-refractivity contribution in [2.45, 2.75) is 33.9 Å². The van der Waals surface area contributed by atoms with Gasteiger partial charge in [-0.05, 0) is 57.0 Å². The molecule has 1 aliphatic rings. The molecule has 4 aromatic rings. The quantitative estimate of drug-likeness (QED) is 0.396. The Bertz CT molecular complexity index is 1270. The van der Waals surface area contributed by atoms with Crippen molar-refractivity contribution in [2.24, 2.45) is 0 Å². The van der Waals surface area contributed by atoms with Crippen molar-refractivity contribution in [3.8, 4) is 5.75 Å². The molecule has 0 fully saturated rings. The summed E-state index contributed by atoms with van der Waals surface area (Å²) in [5.74, 6) is 0.920. The van der Waals surface area contributed by atoms with E-state index in [1.54, 1.807) is 7.11 Å². The monoisotopic (exact) mass is 386 g/mol. The first-order valence-electron chi connectivity index (χ1n) is 10.0. The molecule has 0 saturated heterocycles. The average Bonchev–Trinajstić information content (AvgIpc) is 3.18. The fraction of sp³-hybridized carbons (Fsp3) is 0.280. The molecule has 0 radical (unpaired) electrons. The lowest BCUT2D eigenvalue weighted by Crippen LogP contribution is -2.36. The molecule has 0 unspecified atom stereocenters. The number of fused-ring (bicyclic) bond motifs is 4. The van der Waals surface area contributed by atoms with E-state index in [0.717, 1.165) is 28.0 Å². The summed E-state index contributed by atoms with van der Waals surface area (Å²) in [7, 11) is 3.89. The standard InChI is InChI=1S/C25H26N2O2/c1-14-10-20(16(3)23(11-14)28-6)27-17(4)26(5)21-12-19-18-9-7-8-15(2)25(18)29-24(19)13-22(21)27/h7-13,17H,1-6H3/t17-/m0/s1. The molecule has 1 aliphatic heterocycles. The van der Waals surface area contributed by atoms with Gasteiger partial charge in [0.15, 0.2) is 0 Å². The zero-order valence-corrected chi connectivity index (χ0v) is 17.8. The number of nitrogens with zero attached hydrogens (tertiary/aromatic N) is 2. The van der Waals surface area contributed by atoms with Crippen LogP contribution in [0, 0.1) is 20.8 Å². The van der Waals surface area contributed by atoms with Crippen LogP contribution < -0.4 is 14.5 Å². The molecule has 4 heteroatoms. The van der Waals surface area contributed by atoms with Crippen molar-refractivity contribution < 1.29 is 9.15 Å². The molecule has 0 amide bonds. The minimum atomic E-state index is 0.190. The maximum Gasteiger partial charge on any atom is 0.138 e. The maximum absolute atomic E-state index is 6.29. The summed E-state index contributed by atoms with van der Waals surface area (Å²) in [6.07, 6.45) is 0.190. The van der Waals surface area contributed by atoms with Gasteiger partial charge in [0.1, 0.15) is 23.1 Å². The number of anilines is 3. The minimum absolute atomic E-state index is 0.190. The highest BCUT2D eigenvalue weighted by molar-refractivity contribution is 6.09. The highest BCUT2D eigenvalue weighted by atomic mass is 16.5. The Morgan fingerprint density at radius 2 is 1.72 bits per heavy atom. The summed E-state index contributed by atoms with van der Waals surface area (Å²) in [5, 5.41) is 2.35. The van der Waals surface area contributed by atoms with E-state index in [9.17, 15) is 0 Å². The topological polar surface area (TPSA) is 28.9 Å². The first kappa shape index (κ1) is 17.9. The van der Waals surface area contributed by atoms with Crippen LogP contribution in [0.15, 0.2) is 46.9 Å². The van der Waals surface area contributed by atoms with Crippen molar-refractivity contribution in [1.29, 1.82) is 0 Å². The Kier molecular flexibility index (Phi) is 3.82. The van der Waals surface area contributed by atoms with Crippen LogP contribution in [0.2, 0.25) is 0 Å². The predicted molar refractivity (Wildman–Crippen MR) is 121 cm³/mol. The SMILES string of the molecule is COc1cc(C)cc(N2c3cc4oc5c(C)cccc5c4cc3N(C)[C@@H]2C)c1C. The van der Waals surface area contributed by atoms with Gasteiger partial charge in [-0.2, -0.15) is 0 Å². The minimum Gasteiger partial charge on any atom is -0.496 e. The third kappa shape index (κ3) is 2.45. The summed E-state index contributed by atoms with van der Waals surface area (Å²) in [5.41, 5.74) is 8.95. The number of benzene rings is 3. The summed E-state index contributed by atoms with van der Waals surface area (Å²) in [4.78, 5) is 4.72. The van der Waals surface area contributed by atoms with Gasteiger partial charge in [0.25, 0.3) is 0 Å². The number of hydrogen-bond donors (Lipinski definition) is 0. The molecule has 2 heterocycles. The molecule has 0 N–H and O–H groups in total. The smallest absolute Gasteiger partial charge is 0.138 e. The van der Waals surface area contributed by atoms with Crippen molar-refractivity contribution in [2.75, 3.05) is 24.0 Å². The number of rotatable bonds is 2. The lowest BCUT2D eigenvalue weighted by molar-refractivity contribution is 0.411. The Labute approximate surface area is 171 Å². The fourth-order valence-corrected chi connectivity index (χ4v) is 4.61. The van der Waals surface area contributed by atoms with E-state index in [0.29, 0.717) is 0 Å². The highest BCUT2D eigenvalue weighted by Crippen LogP contribution is 2.48. The third-order valence-corrected chi connectivity index (χ3v) is 6.32. The Hall–Kier alpha value is -3.14. The summed E-state index contributed by atoms with van der Waals surface area (Å²) >= 11 is 0. The zero-order valence-electron chi connectivity index (χ0n) is 17.8. The molecule has 5 rings (SSSR count). The molecule has 0 aliphatic carbocycles. The summed E-state index contributed by atoms with van der Waals surface area (Å²) in [6, 6.07) is 15.1. The van der Waals surface area contributed by atoms with Crippen molar-refractivity contribution in [3.05, 3.63) is 59.2 Å². The van der Waals surface area contributed by atoms with Crippen molar-refractivity contribution >= 4 is 39.0 Å². The molecular formula is C25H26N2O2. The van der Waals surface area contributed by atoms with Crippen LogP contribution in [0.3, 0.4) is 0 Å². The van der Waals surface area contributed by atoms with Gasteiger partial charge in [0, 0.05) is 35.1 Å². The Morgan fingerprint density at radius 3 is 2.48 bits per heavy atom. The Morgan fingerprint density at radius 1 is 0.931 bits per heavy atom. The van der Waals surface area contributed by atoms with Gasteiger partial charge in [-0.25, -0.2) is 0 Å². The molecule has 148 valence electrons. The molecule has 1 aromatic heterocycles. The molecule has 0 saturated carbocycles. The van der Waals surface area contributed by atoms with Gasteiger partial charge in [-0.3, -0.25) is 0 Å². The normalized spacial score (nSPS) is 16.1. The van der Waals surface area contributed by atoms with Gasteiger partial charge in [-0.1, -0.05) is 18.2 Å². The van der Waals surface area contributed by atoms with E-state index in [4.69, 9.17) is 9.15 Å². The number of ether oxygens (including phenoxy) is 1. The predicted octanol–water partition coefficient (Wildman–Crippen LogP) is 6.45. The van der Waals surface area contributed by atoms with Crippen molar-refractivity contribution in [3.63, 3.8) is 0 Å². The Balaban J connectivity index is 1.78. The summed E-state index contributed by atoms with van der Waals surface area (Å²) < 4.78 is 11.9. The van der Waals surface area contributed by atoms with Gasteiger partial charge in [-0.15, -0.1) is 0 Å². The second kappa shape index (κ2) is 6.18. The zero-order chi connectivity index (χ0) is 20.4. The molecule has 1 atom stereocenters. The number of hydrogen-bond acceptors (Lipinski definition) is 4. The van der Waals surface area contributed by atoms with Crippen LogP contribution in [0.1, 0.15) is 23.6 Å².